The molecule has 5 rings (SSSR count). The van der Waals surface area contributed by atoms with Gasteiger partial charge in [0, 0.05) is 0 Å². The van der Waals surface area contributed by atoms with E-state index >= 15 is 0 Å². The van der Waals surface area contributed by atoms with Crippen LogP contribution in [0.3, 0.4) is 0 Å². The van der Waals surface area contributed by atoms with Crippen LogP contribution in [-0.2, 0) is 42.6 Å². The molecule has 5 saturated heterocycles. The molecule has 5 fully saturated rings. The van der Waals surface area contributed by atoms with Gasteiger partial charge >= 0.3 is 0 Å². The van der Waals surface area contributed by atoms with E-state index in [1.54, 1.807) is 0 Å². The molecule has 27 heteroatoms. The molecule has 0 radical (unpaired) electrons. The number of hydrogen-bond donors (Lipinski definition) is 17. The molecule has 0 amide bonds. The van der Waals surface area contributed by atoms with Crippen molar-refractivity contribution in [2.75, 3.05) is 33.0 Å². The summed E-state index contributed by atoms with van der Waals surface area (Å²) in [5, 5.41) is 176. The van der Waals surface area contributed by atoms with Gasteiger partial charge in [-0.1, -0.05) is 0 Å². The first-order chi connectivity index (χ1) is 26.5. The molecule has 57 heavy (non-hydrogen) atoms. The third-order valence-electron chi connectivity index (χ3n) is 10.3. The summed E-state index contributed by atoms with van der Waals surface area (Å²) < 4.78 is 49.1. The van der Waals surface area contributed by atoms with Gasteiger partial charge in [-0.25, -0.2) is 0 Å². The van der Waals surface area contributed by atoms with E-state index in [0.29, 0.717) is 0 Å². The predicted molar refractivity (Wildman–Crippen MR) is 170 cm³/mol. The summed E-state index contributed by atoms with van der Waals surface area (Å²) in [6, 6.07) is 0. The zero-order valence-electron chi connectivity index (χ0n) is 29.7. The smallest absolute Gasteiger partial charge is 0.187 e. The maximum atomic E-state index is 11.1. The first kappa shape index (κ1) is 48.6. The molecular weight excluding hydrogens is 792 g/mol. The minimum Gasteiger partial charge on any atom is -0.412 e. The Balaban J connectivity index is 0.00000720. The molecule has 0 aliphatic carbocycles. The van der Waals surface area contributed by atoms with Gasteiger partial charge in [-0.3, -0.25) is 0 Å². The molecule has 1 unspecified atom stereocenters. The van der Waals surface area contributed by atoms with E-state index < -0.39 is 187 Å². The Morgan fingerprint density at radius 3 is 0.825 bits per heavy atom. The van der Waals surface area contributed by atoms with Crippen LogP contribution in [0.25, 0.3) is 0 Å². The van der Waals surface area contributed by atoms with E-state index in [1.807, 2.05) is 0 Å². The van der Waals surface area contributed by atoms with E-state index in [9.17, 15) is 86.8 Å². The Morgan fingerprint density at radius 1 is 0.281 bits per heavy atom. The minimum atomic E-state index is -2.12. The van der Waals surface area contributed by atoms with Crippen molar-refractivity contribution >= 4 is 0 Å². The molecule has 0 spiro atoms. The van der Waals surface area contributed by atoms with Crippen molar-refractivity contribution in [1.82, 2.24) is 0 Å². The summed E-state index contributed by atoms with van der Waals surface area (Å²) in [7, 11) is 0. The summed E-state index contributed by atoms with van der Waals surface area (Å²) in [5.41, 5.74) is 0. The van der Waals surface area contributed by atoms with Crippen LogP contribution in [0.5, 0.6) is 0 Å². The zero-order valence-corrected chi connectivity index (χ0v) is 29.7. The van der Waals surface area contributed by atoms with Crippen molar-refractivity contribution in [1.29, 1.82) is 0 Å². The first-order valence-corrected chi connectivity index (χ1v) is 17.6. The molecule has 19 N–H and O–H groups in total. The lowest BCUT2D eigenvalue weighted by atomic mass is 9.95. The highest BCUT2D eigenvalue weighted by Gasteiger charge is 2.56. The van der Waals surface area contributed by atoms with Gasteiger partial charge in [-0.2, -0.15) is 0 Å². The fraction of sp³-hybridized carbons (Fsp3) is 1.00. The molecule has 27 nitrogen and oxygen atoms in total. The van der Waals surface area contributed by atoms with Gasteiger partial charge in [0.2, 0.25) is 0 Å². The minimum absolute atomic E-state index is 0. The summed E-state index contributed by atoms with van der Waals surface area (Å²) >= 11 is 0. The van der Waals surface area contributed by atoms with Crippen LogP contribution in [-0.4, -0.2) is 279 Å². The predicted octanol–water partition coefficient (Wildman–Crippen LogP) is -12.7. The molecule has 0 aromatic rings. The van der Waals surface area contributed by atoms with Crippen molar-refractivity contribution in [2.24, 2.45) is 0 Å². The Morgan fingerprint density at radius 2 is 0.526 bits per heavy atom. The lowest BCUT2D eigenvalue weighted by Crippen LogP contribution is -2.68. The normalized spacial score (nSPS) is 52.3. The second-order valence-electron chi connectivity index (χ2n) is 13.9. The quantitative estimate of drug-likeness (QED) is 0.0818. The molecule has 5 aliphatic heterocycles. The van der Waals surface area contributed by atoms with Gasteiger partial charge in [0.25, 0.3) is 0 Å². The fourth-order valence-electron chi connectivity index (χ4n) is 7.03. The Labute approximate surface area is 321 Å². The number of ether oxygens (including phenoxy) is 9. The van der Waals surface area contributed by atoms with Crippen LogP contribution in [0.15, 0.2) is 0 Å². The third kappa shape index (κ3) is 9.86. The number of aliphatic hydroxyl groups excluding tert-OH is 17. The average Bonchev–Trinajstić information content (AvgIpc) is 3.19. The fourth-order valence-corrected chi connectivity index (χ4v) is 7.03. The largest absolute Gasteiger partial charge is 0.412 e. The summed E-state index contributed by atoms with van der Waals surface area (Å²) in [6.45, 7) is -4.51. The van der Waals surface area contributed by atoms with Crippen LogP contribution in [0.1, 0.15) is 0 Å². The second-order valence-corrected chi connectivity index (χ2v) is 13.9. The molecular formula is C30H54O27. The lowest BCUT2D eigenvalue weighted by Gasteiger charge is -2.49. The average molecular weight is 847 g/mol. The van der Waals surface area contributed by atoms with E-state index in [4.69, 9.17) is 42.6 Å². The molecule has 0 aromatic carbocycles. The molecule has 5 aliphatic rings. The topological polar surface area (TPSA) is 458 Å². The SMILES string of the molecule is O.OC[C@H]1O[C@H](O[C@H]2[C@H](O)[C@@H](O)[C@@H](O[C@H]3[C@H](O)[C@@H](O)[C@@H](O[C@H]4[C@H](O)[C@@H](O)[C@@H](O[C@H]5[C@H](O)[C@@H](O)C(O)O[C@@H]5CO)O[C@@H]4CO)O[C@@H]3CO)O[C@@H]2CO)[C@H](O)[C@@H](O)[C@@H]1O. The monoisotopic (exact) mass is 846 g/mol. The van der Waals surface area contributed by atoms with Crippen LogP contribution in [0.2, 0.25) is 0 Å². The van der Waals surface area contributed by atoms with Gasteiger partial charge in [-0.15, -0.1) is 0 Å². The Kier molecular flexibility index (Phi) is 17.6. The number of rotatable bonds is 13. The van der Waals surface area contributed by atoms with Gasteiger partial charge in [0.1, 0.15) is 122 Å². The zero-order chi connectivity index (χ0) is 41.3. The van der Waals surface area contributed by atoms with E-state index in [2.05, 4.69) is 0 Å². The van der Waals surface area contributed by atoms with Crippen LogP contribution in [0.4, 0.5) is 0 Å². The Bertz CT molecular complexity index is 1200. The maximum Gasteiger partial charge on any atom is 0.187 e. The van der Waals surface area contributed by atoms with E-state index in [1.165, 1.54) is 0 Å². The van der Waals surface area contributed by atoms with Crippen molar-refractivity contribution in [3.63, 3.8) is 0 Å². The molecule has 5 heterocycles. The highest BCUT2D eigenvalue weighted by atomic mass is 16.8. The molecule has 0 saturated carbocycles. The molecule has 0 bridgehead atoms. The maximum absolute atomic E-state index is 11.1. The first-order valence-electron chi connectivity index (χ1n) is 17.6. The van der Waals surface area contributed by atoms with Gasteiger partial charge in [0.05, 0.1) is 33.0 Å². The second kappa shape index (κ2) is 20.7. The lowest BCUT2D eigenvalue weighted by molar-refractivity contribution is -0.392. The van der Waals surface area contributed by atoms with E-state index in [0.717, 1.165) is 0 Å². The summed E-state index contributed by atoms with van der Waals surface area (Å²) in [4.78, 5) is 0. The van der Waals surface area contributed by atoms with E-state index in [-0.39, 0.29) is 5.48 Å². The third-order valence-corrected chi connectivity index (χ3v) is 10.3. The molecule has 336 valence electrons. The van der Waals surface area contributed by atoms with Crippen LogP contribution < -0.4 is 0 Å². The van der Waals surface area contributed by atoms with Crippen molar-refractivity contribution < 1.29 is 135 Å². The summed E-state index contributed by atoms with van der Waals surface area (Å²) in [6.07, 6.45) is -45.8. The van der Waals surface area contributed by atoms with Gasteiger partial charge in [-0.05, 0) is 0 Å². The molecule has 0 aromatic heterocycles. The van der Waals surface area contributed by atoms with Crippen LogP contribution in [0, 0.1) is 0 Å². The van der Waals surface area contributed by atoms with Crippen molar-refractivity contribution in [3.8, 4) is 0 Å². The van der Waals surface area contributed by atoms with Crippen molar-refractivity contribution in [3.05, 3.63) is 0 Å². The standard InChI is InChI=1S/C30H52O26.H2O/c31-1-6-11(36)12(37)18(43)27(49-6)54-23-8(3-33)51-29(20(45)14(23)39)56-25-10(5-35)52-30(21(46)16(25)41)55-24-9(4-34)50-28(19(44)15(24)40)53-22-7(2-32)48-26(47)17(42)13(22)38;/h6-47H,1-5H2;1H2/t6-,7-,8-,9-,10-,11-,12+,13-,14-,15-,16-,17-,18-,19-,20-,21-,22-,23-,24-,25-,26?,27-,28-,29-,30-;/m1./s1. The number of hydrogen-bond acceptors (Lipinski definition) is 26. The number of aliphatic hydroxyl groups is 17. The van der Waals surface area contributed by atoms with Gasteiger partial charge in [0.15, 0.2) is 31.5 Å². The van der Waals surface area contributed by atoms with Crippen LogP contribution >= 0.6 is 0 Å². The molecule has 25 atom stereocenters. The highest BCUT2D eigenvalue weighted by Crippen LogP contribution is 2.35. The van der Waals surface area contributed by atoms with Gasteiger partial charge < -0.3 is 135 Å². The summed E-state index contributed by atoms with van der Waals surface area (Å²) in [5.74, 6) is 0. The van der Waals surface area contributed by atoms with Crippen molar-refractivity contribution in [2.45, 2.75) is 154 Å². The Hall–Kier alpha value is -1.08. The highest BCUT2D eigenvalue weighted by molar-refractivity contribution is 4.99.